The molecular weight excluding hydrogens is 476 g/mol. The molecule has 0 unspecified atom stereocenters. The first-order valence-corrected chi connectivity index (χ1v) is 13.0. The summed E-state index contributed by atoms with van der Waals surface area (Å²) in [6.45, 7) is 9.05. The average molecular weight is 509 g/mol. The van der Waals surface area contributed by atoms with Gasteiger partial charge in [0.25, 0.3) is 0 Å². The SMILES string of the molecule is CCc1cccc2[nH]c(-c3cncc(-c4cccc(C#N)c4)c3N3CC[C@H](NC(=O)OC(C)(C)C)C3)nc12. The largest absolute Gasteiger partial charge is 0.444 e. The average Bonchev–Trinajstić information content (AvgIpc) is 3.54. The molecule has 1 fully saturated rings. The van der Waals surface area contributed by atoms with Crippen LogP contribution in [0.3, 0.4) is 0 Å². The number of hydrogen-bond donors (Lipinski definition) is 2. The minimum absolute atomic E-state index is 0.0634. The Hall–Kier alpha value is -4.38. The van der Waals surface area contributed by atoms with Crippen LogP contribution in [0.15, 0.2) is 54.9 Å². The van der Waals surface area contributed by atoms with Crippen LogP contribution >= 0.6 is 0 Å². The molecule has 1 aliphatic heterocycles. The molecule has 0 bridgehead atoms. The Balaban J connectivity index is 1.57. The van der Waals surface area contributed by atoms with Gasteiger partial charge in [0, 0.05) is 31.0 Å². The van der Waals surface area contributed by atoms with Crippen LogP contribution in [0.4, 0.5) is 10.5 Å². The maximum absolute atomic E-state index is 12.5. The van der Waals surface area contributed by atoms with Crippen LogP contribution in [0.5, 0.6) is 0 Å². The van der Waals surface area contributed by atoms with Crippen molar-refractivity contribution in [3.63, 3.8) is 0 Å². The van der Waals surface area contributed by atoms with E-state index < -0.39 is 11.7 Å². The second kappa shape index (κ2) is 10.2. The Morgan fingerprint density at radius 3 is 2.76 bits per heavy atom. The molecule has 0 aliphatic carbocycles. The molecule has 1 aliphatic rings. The molecule has 0 radical (unpaired) electrons. The predicted molar refractivity (Wildman–Crippen MR) is 149 cm³/mol. The number of carbonyl (C=O) groups is 1. The number of pyridine rings is 1. The number of aromatic nitrogens is 3. The maximum Gasteiger partial charge on any atom is 0.407 e. The lowest BCUT2D eigenvalue weighted by Gasteiger charge is -2.25. The quantitative estimate of drug-likeness (QED) is 0.351. The summed E-state index contributed by atoms with van der Waals surface area (Å²) in [6.07, 6.45) is 4.93. The van der Waals surface area contributed by atoms with E-state index in [0.29, 0.717) is 12.1 Å². The summed E-state index contributed by atoms with van der Waals surface area (Å²) in [5.74, 6) is 0.741. The number of imidazole rings is 1. The van der Waals surface area contributed by atoms with E-state index in [1.807, 2.05) is 63.5 Å². The van der Waals surface area contributed by atoms with Gasteiger partial charge in [-0.15, -0.1) is 0 Å². The number of aryl methyl sites for hydroxylation is 1. The lowest BCUT2D eigenvalue weighted by Crippen LogP contribution is -2.40. The number of carbonyl (C=O) groups excluding carboxylic acids is 1. The monoisotopic (exact) mass is 508 g/mol. The first kappa shape index (κ1) is 25.3. The van der Waals surface area contributed by atoms with E-state index in [1.54, 1.807) is 6.07 Å². The molecule has 2 aromatic carbocycles. The molecule has 4 aromatic rings. The summed E-state index contributed by atoms with van der Waals surface area (Å²) in [4.78, 5) is 27.8. The van der Waals surface area contributed by atoms with Gasteiger partial charge < -0.3 is 19.9 Å². The lowest BCUT2D eigenvalue weighted by atomic mass is 10.00. The molecule has 3 heterocycles. The molecule has 0 spiro atoms. The van der Waals surface area contributed by atoms with Crippen molar-refractivity contribution < 1.29 is 9.53 Å². The topological polar surface area (TPSA) is 107 Å². The zero-order valence-electron chi connectivity index (χ0n) is 22.2. The fourth-order valence-electron chi connectivity index (χ4n) is 5.00. The molecular formula is C30H32N6O2. The molecule has 1 saturated heterocycles. The summed E-state index contributed by atoms with van der Waals surface area (Å²) < 4.78 is 5.48. The van der Waals surface area contributed by atoms with Gasteiger partial charge in [-0.2, -0.15) is 5.26 Å². The number of anilines is 1. The molecule has 38 heavy (non-hydrogen) atoms. The van der Waals surface area contributed by atoms with Gasteiger partial charge in [0.15, 0.2) is 0 Å². The molecule has 1 amide bonds. The second-order valence-electron chi connectivity index (χ2n) is 10.6. The van der Waals surface area contributed by atoms with Gasteiger partial charge >= 0.3 is 6.09 Å². The number of aromatic amines is 1. The third-order valence-electron chi connectivity index (χ3n) is 6.68. The van der Waals surface area contributed by atoms with Crippen molar-refractivity contribution in [2.24, 2.45) is 0 Å². The predicted octanol–water partition coefficient (Wildman–Crippen LogP) is 5.83. The maximum atomic E-state index is 12.5. The zero-order chi connectivity index (χ0) is 26.9. The van der Waals surface area contributed by atoms with Crippen LogP contribution in [0, 0.1) is 11.3 Å². The van der Waals surface area contributed by atoms with Crippen molar-refractivity contribution in [1.29, 1.82) is 5.26 Å². The van der Waals surface area contributed by atoms with Crippen LogP contribution in [-0.4, -0.2) is 45.8 Å². The third kappa shape index (κ3) is 5.18. The summed E-state index contributed by atoms with van der Waals surface area (Å²) in [6, 6.07) is 15.9. The number of rotatable bonds is 5. The van der Waals surface area contributed by atoms with E-state index in [0.717, 1.165) is 58.6 Å². The number of ether oxygens (including phenoxy) is 1. The van der Waals surface area contributed by atoms with E-state index in [2.05, 4.69) is 39.2 Å². The number of nitrogens with one attached hydrogen (secondary N) is 2. The molecule has 2 aromatic heterocycles. The summed E-state index contributed by atoms with van der Waals surface area (Å²) >= 11 is 0. The number of fused-ring (bicyclic) bond motifs is 1. The standard InChI is InChI=1S/C30H32N6O2/c1-5-20-9-7-11-25-26(20)35-28(34-25)24-17-32-16-23(21-10-6-8-19(14-21)15-31)27(24)36-13-12-22(18-36)33-29(37)38-30(2,3)4/h6-11,14,16-17,22H,5,12-13,18H2,1-4H3,(H,33,37)(H,34,35)/t22-/m0/s1. The highest BCUT2D eigenvalue weighted by Gasteiger charge is 2.30. The number of H-pyrrole nitrogens is 1. The minimum atomic E-state index is -0.557. The van der Waals surface area contributed by atoms with Crippen LogP contribution < -0.4 is 10.2 Å². The van der Waals surface area contributed by atoms with E-state index in [9.17, 15) is 10.1 Å². The number of nitrogens with zero attached hydrogens (tertiary/aromatic N) is 4. The number of hydrogen-bond acceptors (Lipinski definition) is 6. The van der Waals surface area contributed by atoms with Gasteiger partial charge in [0.05, 0.1) is 40.0 Å². The molecule has 194 valence electrons. The van der Waals surface area contributed by atoms with Crippen molar-refractivity contribution in [3.05, 3.63) is 66.0 Å². The smallest absolute Gasteiger partial charge is 0.407 e. The molecule has 8 nitrogen and oxygen atoms in total. The molecule has 1 atom stereocenters. The van der Waals surface area contributed by atoms with Gasteiger partial charge in [0.1, 0.15) is 11.4 Å². The van der Waals surface area contributed by atoms with Gasteiger partial charge in [-0.05, 0) is 62.9 Å². The molecule has 0 saturated carbocycles. The van der Waals surface area contributed by atoms with Crippen LogP contribution in [0.2, 0.25) is 0 Å². The Kier molecular flexibility index (Phi) is 6.77. The number of amides is 1. The first-order chi connectivity index (χ1) is 18.3. The highest BCUT2D eigenvalue weighted by Crippen LogP contribution is 2.40. The van der Waals surface area contributed by atoms with Gasteiger partial charge in [-0.1, -0.05) is 31.2 Å². The van der Waals surface area contributed by atoms with Crippen LogP contribution in [0.1, 0.15) is 45.2 Å². The highest BCUT2D eigenvalue weighted by atomic mass is 16.6. The Labute approximate surface area is 222 Å². The van der Waals surface area contributed by atoms with E-state index >= 15 is 0 Å². The Morgan fingerprint density at radius 2 is 2.00 bits per heavy atom. The van der Waals surface area contributed by atoms with Crippen LogP contribution in [-0.2, 0) is 11.2 Å². The van der Waals surface area contributed by atoms with Gasteiger partial charge in [-0.25, -0.2) is 9.78 Å². The molecule has 2 N–H and O–H groups in total. The highest BCUT2D eigenvalue weighted by molar-refractivity contribution is 5.92. The van der Waals surface area contributed by atoms with Crippen molar-refractivity contribution in [3.8, 4) is 28.6 Å². The van der Waals surface area contributed by atoms with E-state index in [-0.39, 0.29) is 6.04 Å². The summed E-state index contributed by atoms with van der Waals surface area (Å²) in [7, 11) is 0. The van der Waals surface area contributed by atoms with Crippen molar-refractivity contribution in [2.75, 3.05) is 18.0 Å². The fraction of sp³-hybridized carbons (Fsp3) is 0.333. The van der Waals surface area contributed by atoms with Gasteiger partial charge in [0.2, 0.25) is 0 Å². The zero-order valence-corrected chi connectivity index (χ0v) is 22.2. The van der Waals surface area contributed by atoms with Crippen molar-refractivity contribution in [2.45, 2.75) is 52.2 Å². The van der Waals surface area contributed by atoms with Crippen LogP contribution in [0.25, 0.3) is 33.5 Å². The molecule has 5 rings (SSSR count). The number of benzene rings is 2. The van der Waals surface area contributed by atoms with E-state index in [1.165, 1.54) is 5.56 Å². The number of nitriles is 1. The van der Waals surface area contributed by atoms with Gasteiger partial charge in [-0.3, -0.25) is 4.98 Å². The fourth-order valence-corrected chi connectivity index (χ4v) is 5.00. The molecule has 8 heteroatoms. The normalized spacial score (nSPS) is 15.4. The van der Waals surface area contributed by atoms with E-state index in [4.69, 9.17) is 9.72 Å². The summed E-state index contributed by atoms with van der Waals surface area (Å²) in [5, 5.41) is 12.5. The second-order valence-corrected chi connectivity index (χ2v) is 10.6. The third-order valence-corrected chi connectivity index (χ3v) is 6.68. The van der Waals surface area contributed by atoms with Crippen molar-refractivity contribution in [1.82, 2.24) is 20.3 Å². The number of para-hydroxylation sites is 1. The first-order valence-electron chi connectivity index (χ1n) is 13.0. The number of alkyl carbamates (subject to hydrolysis) is 1. The Morgan fingerprint density at radius 1 is 1.21 bits per heavy atom. The van der Waals surface area contributed by atoms with Crippen molar-refractivity contribution >= 4 is 22.8 Å². The lowest BCUT2D eigenvalue weighted by molar-refractivity contribution is 0.0509. The Bertz CT molecular complexity index is 1530. The summed E-state index contributed by atoms with van der Waals surface area (Å²) in [5.41, 5.74) is 6.81. The minimum Gasteiger partial charge on any atom is -0.444 e.